The molecule has 0 aromatic carbocycles. The van der Waals surface area contributed by atoms with Crippen LogP contribution in [0.2, 0.25) is 0 Å². The van der Waals surface area contributed by atoms with Crippen LogP contribution >= 0.6 is 0 Å². The van der Waals surface area contributed by atoms with Crippen LogP contribution in [0.3, 0.4) is 0 Å². The van der Waals surface area contributed by atoms with Gasteiger partial charge in [-0.15, -0.1) is 0 Å². The summed E-state index contributed by atoms with van der Waals surface area (Å²) in [5.74, 6) is -5.84. The molecule has 0 aliphatic rings. The summed E-state index contributed by atoms with van der Waals surface area (Å²) < 4.78 is 57.7. The standard InChI is InChI=1S/2C4H7NO6S.4Na.4H/c2*5-3(6)1-2(4(7)8)12(9,10)11;;;;;;;;/h2*2H,1H2,(H2,5,6)(H,7,8)(H,9,10,11);;;;;;;;/q;;4*+1;4*-1. The molecule has 0 saturated heterocycles. The molecule has 0 bridgehead atoms. The van der Waals surface area contributed by atoms with Gasteiger partial charge in [0.1, 0.15) is 0 Å². The van der Waals surface area contributed by atoms with Gasteiger partial charge in [-0.25, -0.2) is 0 Å². The van der Waals surface area contributed by atoms with Gasteiger partial charge in [-0.3, -0.25) is 28.3 Å². The zero-order valence-corrected chi connectivity index (χ0v) is 25.2. The van der Waals surface area contributed by atoms with Gasteiger partial charge in [0.2, 0.25) is 11.8 Å². The summed E-state index contributed by atoms with van der Waals surface area (Å²) in [5, 5.41) is 12.1. The van der Waals surface area contributed by atoms with Gasteiger partial charge >= 0.3 is 130 Å². The van der Waals surface area contributed by atoms with Crippen molar-refractivity contribution in [1.82, 2.24) is 0 Å². The summed E-state index contributed by atoms with van der Waals surface area (Å²) in [6.45, 7) is 0. The van der Waals surface area contributed by atoms with Crippen molar-refractivity contribution in [1.29, 1.82) is 0 Å². The van der Waals surface area contributed by atoms with Crippen LogP contribution in [0.1, 0.15) is 18.5 Å². The molecule has 2 atom stereocenters. The minimum Gasteiger partial charge on any atom is -1.00 e. The SMILES string of the molecule is NC(=O)CC(C(=O)O)S(=O)(=O)O.NC(=O)CC(C(=O)O)S(=O)(=O)O.[H-].[H-].[H-].[H-].[Na+].[Na+].[Na+].[Na+]. The first-order valence-electron chi connectivity index (χ1n) is 5.45. The van der Waals surface area contributed by atoms with Gasteiger partial charge < -0.3 is 27.4 Å². The Bertz CT molecular complexity index is 681. The summed E-state index contributed by atoms with van der Waals surface area (Å²) in [7, 11) is -9.52. The van der Waals surface area contributed by atoms with Crippen LogP contribution in [0, 0.1) is 0 Å². The molecule has 2 amide bonds. The second-order valence-corrected chi connectivity index (χ2v) is 7.22. The van der Waals surface area contributed by atoms with Gasteiger partial charge in [0.05, 0.1) is 12.8 Å². The Morgan fingerprint density at radius 1 is 0.679 bits per heavy atom. The Kier molecular flexibility index (Phi) is 30.2. The van der Waals surface area contributed by atoms with E-state index in [0.717, 1.165) is 0 Å². The number of amides is 2. The maximum atomic E-state index is 10.3. The third kappa shape index (κ3) is 22.4. The normalized spacial score (nSPS) is 11.8. The predicted octanol–water partition coefficient (Wildman–Crippen LogP) is -15.1. The molecule has 0 aromatic heterocycles. The molecule has 20 heteroatoms. The molecule has 0 saturated carbocycles. The summed E-state index contributed by atoms with van der Waals surface area (Å²) >= 11 is 0. The van der Waals surface area contributed by atoms with Crippen LogP contribution in [0.15, 0.2) is 0 Å². The number of hydrogen-bond donors (Lipinski definition) is 6. The van der Waals surface area contributed by atoms with Gasteiger partial charge in [0.15, 0.2) is 10.5 Å². The van der Waals surface area contributed by atoms with E-state index in [2.05, 4.69) is 11.5 Å². The summed E-state index contributed by atoms with van der Waals surface area (Å²) in [4.78, 5) is 40.6. The first kappa shape index (κ1) is 43.6. The van der Waals surface area contributed by atoms with Crippen molar-refractivity contribution in [3.05, 3.63) is 0 Å². The van der Waals surface area contributed by atoms with Crippen molar-refractivity contribution in [2.45, 2.75) is 23.3 Å². The van der Waals surface area contributed by atoms with Crippen LogP contribution < -0.4 is 130 Å². The molecule has 0 spiro atoms. The van der Waals surface area contributed by atoms with E-state index in [0.29, 0.717) is 0 Å². The van der Waals surface area contributed by atoms with Crippen molar-refractivity contribution in [3.63, 3.8) is 0 Å². The Labute approximate surface area is 254 Å². The van der Waals surface area contributed by atoms with Crippen LogP contribution in [-0.4, -0.2) is 70.4 Å². The molecule has 28 heavy (non-hydrogen) atoms. The largest absolute Gasteiger partial charge is 1.00 e. The number of carboxylic acid groups (broad SMARTS) is 2. The van der Waals surface area contributed by atoms with Crippen molar-refractivity contribution in [2.24, 2.45) is 11.5 Å². The van der Waals surface area contributed by atoms with Crippen molar-refractivity contribution in [2.75, 3.05) is 0 Å². The van der Waals surface area contributed by atoms with Crippen molar-refractivity contribution in [3.8, 4) is 0 Å². The van der Waals surface area contributed by atoms with E-state index in [1.807, 2.05) is 0 Å². The summed E-state index contributed by atoms with van der Waals surface area (Å²) in [6, 6.07) is 0. The minimum atomic E-state index is -4.76. The molecule has 0 fully saturated rings. The fourth-order valence-electron chi connectivity index (χ4n) is 1.01. The second kappa shape index (κ2) is 19.4. The molecule has 0 radical (unpaired) electrons. The third-order valence-corrected chi connectivity index (χ3v) is 4.22. The smallest absolute Gasteiger partial charge is 1.00 e. The maximum absolute atomic E-state index is 10.3. The molecule has 0 aromatic rings. The zero-order valence-electron chi connectivity index (χ0n) is 19.6. The van der Waals surface area contributed by atoms with E-state index in [-0.39, 0.29) is 124 Å². The van der Waals surface area contributed by atoms with Crippen LogP contribution in [0.5, 0.6) is 0 Å². The average Bonchev–Trinajstić information content (AvgIpc) is 2.30. The second-order valence-electron chi connectivity index (χ2n) is 4.02. The van der Waals surface area contributed by atoms with Crippen molar-refractivity contribution < 1.29 is 179 Å². The number of carbonyl (C=O) groups excluding carboxylic acids is 2. The van der Waals surface area contributed by atoms with E-state index < -0.39 is 67.3 Å². The van der Waals surface area contributed by atoms with E-state index in [1.54, 1.807) is 0 Å². The molecule has 0 aliphatic carbocycles. The van der Waals surface area contributed by atoms with Gasteiger partial charge in [0.25, 0.3) is 20.2 Å². The Hall–Kier alpha value is 1.70. The monoisotopic (exact) mass is 490 g/mol. The van der Waals surface area contributed by atoms with Crippen LogP contribution in [0.25, 0.3) is 0 Å². The number of aliphatic carboxylic acids is 2. The Morgan fingerprint density at radius 3 is 0.893 bits per heavy atom. The Morgan fingerprint density at radius 2 is 0.857 bits per heavy atom. The van der Waals surface area contributed by atoms with E-state index in [1.165, 1.54) is 0 Å². The summed E-state index contributed by atoms with van der Waals surface area (Å²) in [6.07, 6.45) is -1.87. The van der Waals surface area contributed by atoms with Crippen LogP contribution in [-0.2, 0) is 39.4 Å². The molecule has 0 heterocycles. The number of carbonyl (C=O) groups is 4. The number of rotatable bonds is 8. The number of primary amides is 2. The van der Waals surface area contributed by atoms with Crippen LogP contribution in [0.4, 0.5) is 0 Å². The van der Waals surface area contributed by atoms with E-state index >= 15 is 0 Å². The van der Waals surface area contributed by atoms with Gasteiger partial charge in [-0.2, -0.15) is 16.8 Å². The first-order chi connectivity index (χ1) is 10.5. The Balaban J connectivity index is -0.0000000302. The molecule has 0 rings (SSSR count). The quantitative estimate of drug-likeness (QED) is 0.137. The molecular formula is C8H18N2Na4O12S2. The minimum absolute atomic E-state index is 0. The van der Waals surface area contributed by atoms with Gasteiger partial charge in [-0.05, 0) is 0 Å². The number of nitrogens with two attached hydrogens (primary N) is 2. The van der Waals surface area contributed by atoms with E-state index in [9.17, 15) is 36.0 Å². The van der Waals surface area contributed by atoms with E-state index in [4.69, 9.17) is 19.3 Å². The molecular weight excluding hydrogens is 472 g/mol. The zero-order chi connectivity index (χ0) is 19.9. The maximum Gasteiger partial charge on any atom is 1.00 e. The molecule has 14 nitrogen and oxygen atoms in total. The van der Waals surface area contributed by atoms with Gasteiger partial charge in [-0.1, -0.05) is 0 Å². The topological polar surface area (TPSA) is 270 Å². The number of carboxylic acids is 2. The molecule has 0 aliphatic heterocycles. The fraction of sp³-hybridized carbons (Fsp3) is 0.500. The average molecular weight is 490 g/mol. The molecule has 148 valence electrons. The first-order valence-corrected chi connectivity index (χ1v) is 8.45. The predicted molar refractivity (Wildman–Crippen MR) is 78.0 cm³/mol. The fourth-order valence-corrected chi connectivity index (χ4v) is 2.26. The number of hydrogen-bond acceptors (Lipinski definition) is 8. The summed E-state index contributed by atoms with van der Waals surface area (Å²) in [5.41, 5.74) is 9.10. The van der Waals surface area contributed by atoms with Crippen molar-refractivity contribution >= 4 is 44.0 Å². The third-order valence-electron chi connectivity index (χ3n) is 2.04. The molecule has 2 unspecified atom stereocenters. The molecule has 8 N–H and O–H groups in total. The van der Waals surface area contributed by atoms with Gasteiger partial charge in [0, 0.05) is 0 Å².